The Morgan fingerprint density at radius 3 is 2.58 bits per heavy atom. The van der Waals surface area contributed by atoms with Crippen molar-refractivity contribution in [3.8, 4) is 0 Å². The van der Waals surface area contributed by atoms with Crippen molar-refractivity contribution < 1.29 is 13.5 Å². The first-order chi connectivity index (χ1) is 8.84. The summed E-state index contributed by atoms with van der Waals surface area (Å²) in [6.45, 7) is 0.574. The van der Waals surface area contributed by atoms with Crippen LogP contribution in [0.4, 0.5) is 0 Å². The minimum absolute atomic E-state index is 0.284. The highest BCUT2D eigenvalue weighted by Gasteiger charge is 2.36. The van der Waals surface area contributed by atoms with Crippen molar-refractivity contribution >= 4 is 10.0 Å². The maximum absolute atomic E-state index is 12.2. The third kappa shape index (κ3) is 2.47. The van der Waals surface area contributed by atoms with E-state index in [1.165, 1.54) is 7.05 Å². The number of H-pyrrole nitrogens is 2. The standard InChI is InChI=1S/C9H14N4O5S/c1-13(5-2-10-3-6(5)14)19(17,18)7-4-11-9(16)12-8(7)15/h4-6,10,14H,2-3H2,1H3,(H2,11,12,15,16)/t5-,6-/m1/s1. The number of likely N-dealkylation sites (N-methyl/N-ethyl adjacent to an activating group) is 1. The van der Waals surface area contributed by atoms with E-state index in [1.807, 2.05) is 4.98 Å². The van der Waals surface area contributed by atoms with Gasteiger partial charge >= 0.3 is 5.69 Å². The molecule has 10 heteroatoms. The molecule has 0 spiro atoms. The fraction of sp³-hybridized carbons (Fsp3) is 0.556. The van der Waals surface area contributed by atoms with Crippen molar-refractivity contribution in [1.82, 2.24) is 19.6 Å². The highest BCUT2D eigenvalue weighted by molar-refractivity contribution is 7.89. The first-order valence-corrected chi connectivity index (χ1v) is 6.97. The van der Waals surface area contributed by atoms with Crippen molar-refractivity contribution in [3.63, 3.8) is 0 Å². The predicted octanol–water partition coefficient (Wildman–Crippen LogP) is -2.98. The Bertz CT molecular complexity index is 678. The van der Waals surface area contributed by atoms with Gasteiger partial charge in [0.15, 0.2) is 4.90 Å². The summed E-state index contributed by atoms with van der Waals surface area (Å²) >= 11 is 0. The van der Waals surface area contributed by atoms with Crippen molar-refractivity contribution in [2.24, 2.45) is 0 Å². The second kappa shape index (κ2) is 4.89. The van der Waals surface area contributed by atoms with Crippen molar-refractivity contribution in [2.75, 3.05) is 20.1 Å². The quantitative estimate of drug-likeness (QED) is 0.469. The van der Waals surface area contributed by atoms with Crippen LogP contribution in [0.15, 0.2) is 20.7 Å². The zero-order chi connectivity index (χ0) is 14.2. The number of nitrogens with zero attached hydrogens (tertiary/aromatic N) is 1. The van der Waals surface area contributed by atoms with Gasteiger partial charge < -0.3 is 15.4 Å². The molecule has 0 aromatic carbocycles. The lowest BCUT2D eigenvalue weighted by Gasteiger charge is -2.25. The van der Waals surface area contributed by atoms with Gasteiger partial charge in [0.25, 0.3) is 5.56 Å². The Balaban J connectivity index is 2.42. The smallest absolute Gasteiger partial charge is 0.325 e. The molecule has 2 atom stereocenters. The molecule has 0 unspecified atom stereocenters. The molecule has 0 amide bonds. The van der Waals surface area contributed by atoms with E-state index >= 15 is 0 Å². The number of nitrogens with one attached hydrogen (secondary N) is 3. The molecule has 19 heavy (non-hydrogen) atoms. The molecular formula is C9H14N4O5S. The fourth-order valence-corrected chi connectivity index (χ4v) is 3.32. The second-order valence-electron chi connectivity index (χ2n) is 4.25. The van der Waals surface area contributed by atoms with E-state index in [0.717, 1.165) is 10.5 Å². The van der Waals surface area contributed by atoms with E-state index in [1.54, 1.807) is 0 Å². The van der Waals surface area contributed by atoms with Gasteiger partial charge in [-0.1, -0.05) is 0 Å². The molecule has 0 saturated carbocycles. The Morgan fingerprint density at radius 2 is 2.05 bits per heavy atom. The number of aromatic nitrogens is 2. The van der Waals surface area contributed by atoms with Gasteiger partial charge in [0, 0.05) is 26.3 Å². The maximum Gasteiger partial charge on any atom is 0.325 e. The molecule has 4 N–H and O–H groups in total. The van der Waals surface area contributed by atoms with Crippen LogP contribution in [0.3, 0.4) is 0 Å². The fourth-order valence-electron chi connectivity index (χ4n) is 1.94. The van der Waals surface area contributed by atoms with Crippen LogP contribution in [0.5, 0.6) is 0 Å². The molecule has 2 heterocycles. The van der Waals surface area contributed by atoms with E-state index in [0.29, 0.717) is 0 Å². The maximum atomic E-state index is 12.2. The molecule has 1 aromatic rings. The van der Waals surface area contributed by atoms with Crippen LogP contribution in [0.25, 0.3) is 0 Å². The molecule has 1 fully saturated rings. The molecule has 0 bridgehead atoms. The van der Waals surface area contributed by atoms with Crippen LogP contribution in [-0.2, 0) is 10.0 Å². The Morgan fingerprint density at radius 1 is 1.37 bits per heavy atom. The first-order valence-electron chi connectivity index (χ1n) is 5.53. The SMILES string of the molecule is CN([C@@H]1CNC[C@H]1O)S(=O)(=O)c1c[nH]c(=O)[nH]c1=O. The molecular weight excluding hydrogens is 276 g/mol. The first kappa shape index (κ1) is 13.9. The number of rotatable bonds is 3. The minimum atomic E-state index is -4.08. The lowest BCUT2D eigenvalue weighted by atomic mass is 10.2. The Hall–Kier alpha value is -1.49. The van der Waals surface area contributed by atoms with Crippen molar-refractivity contribution in [3.05, 3.63) is 27.0 Å². The minimum Gasteiger partial charge on any atom is -0.390 e. The number of hydrogen-bond acceptors (Lipinski definition) is 6. The highest BCUT2D eigenvalue weighted by atomic mass is 32.2. The summed E-state index contributed by atoms with van der Waals surface area (Å²) in [7, 11) is -2.80. The second-order valence-corrected chi connectivity index (χ2v) is 6.22. The summed E-state index contributed by atoms with van der Waals surface area (Å²) in [5.41, 5.74) is -1.77. The lowest BCUT2D eigenvalue weighted by molar-refractivity contribution is 0.136. The van der Waals surface area contributed by atoms with E-state index in [9.17, 15) is 23.1 Å². The summed E-state index contributed by atoms with van der Waals surface area (Å²) in [5, 5.41) is 12.5. The van der Waals surface area contributed by atoms with Gasteiger partial charge in [-0.15, -0.1) is 0 Å². The number of aliphatic hydroxyl groups is 1. The van der Waals surface area contributed by atoms with Crippen molar-refractivity contribution in [1.29, 1.82) is 0 Å². The average molecular weight is 290 g/mol. The molecule has 106 valence electrons. The molecule has 0 radical (unpaired) electrons. The third-order valence-corrected chi connectivity index (χ3v) is 4.95. The summed E-state index contributed by atoms with van der Waals surface area (Å²) in [5.74, 6) is 0. The normalized spacial score (nSPS) is 23.9. The molecule has 1 aliphatic rings. The zero-order valence-corrected chi connectivity index (χ0v) is 10.9. The molecule has 2 rings (SSSR count). The number of sulfonamides is 1. The lowest BCUT2D eigenvalue weighted by Crippen LogP contribution is -2.45. The number of aliphatic hydroxyl groups excluding tert-OH is 1. The Labute approximate surface area is 108 Å². The molecule has 9 nitrogen and oxygen atoms in total. The highest BCUT2D eigenvalue weighted by Crippen LogP contribution is 2.16. The van der Waals surface area contributed by atoms with Gasteiger partial charge in [0.2, 0.25) is 10.0 Å². The van der Waals surface area contributed by atoms with E-state index < -0.39 is 38.3 Å². The molecule has 1 aromatic heterocycles. The van der Waals surface area contributed by atoms with Crippen LogP contribution in [0.2, 0.25) is 0 Å². The summed E-state index contributed by atoms with van der Waals surface area (Å²) in [6, 6.07) is -0.656. The summed E-state index contributed by atoms with van der Waals surface area (Å²) < 4.78 is 25.4. The van der Waals surface area contributed by atoms with Crippen LogP contribution < -0.4 is 16.6 Å². The van der Waals surface area contributed by atoms with Crippen LogP contribution in [0.1, 0.15) is 0 Å². The number of aromatic amines is 2. The van der Waals surface area contributed by atoms with Crippen LogP contribution in [0, 0.1) is 0 Å². The van der Waals surface area contributed by atoms with Gasteiger partial charge in [-0.3, -0.25) is 9.78 Å². The summed E-state index contributed by atoms with van der Waals surface area (Å²) in [6.07, 6.45) is 0.00325. The van der Waals surface area contributed by atoms with Gasteiger partial charge in [-0.05, 0) is 0 Å². The van der Waals surface area contributed by atoms with Gasteiger partial charge in [0.1, 0.15) is 0 Å². The molecule has 1 aliphatic heterocycles. The monoisotopic (exact) mass is 290 g/mol. The van der Waals surface area contributed by atoms with Crippen LogP contribution >= 0.6 is 0 Å². The van der Waals surface area contributed by atoms with E-state index in [4.69, 9.17) is 0 Å². The summed E-state index contributed by atoms with van der Waals surface area (Å²) in [4.78, 5) is 25.8. The van der Waals surface area contributed by atoms with Gasteiger partial charge in [-0.2, -0.15) is 4.31 Å². The number of hydrogen-bond donors (Lipinski definition) is 4. The van der Waals surface area contributed by atoms with Crippen LogP contribution in [-0.4, -0.2) is 60.1 Å². The molecule has 1 saturated heterocycles. The average Bonchev–Trinajstić information content (AvgIpc) is 2.73. The van der Waals surface area contributed by atoms with E-state index in [-0.39, 0.29) is 13.1 Å². The largest absolute Gasteiger partial charge is 0.390 e. The topological polar surface area (TPSA) is 135 Å². The van der Waals surface area contributed by atoms with Crippen molar-refractivity contribution in [2.45, 2.75) is 17.0 Å². The predicted molar refractivity (Wildman–Crippen MR) is 65.3 cm³/mol. The molecule has 0 aliphatic carbocycles. The Kier molecular flexibility index (Phi) is 3.58. The van der Waals surface area contributed by atoms with E-state index in [2.05, 4.69) is 10.3 Å². The third-order valence-electron chi connectivity index (χ3n) is 3.06. The van der Waals surface area contributed by atoms with Gasteiger partial charge in [-0.25, -0.2) is 13.2 Å². The number of β-amino-alcohol motifs (C(OH)–C–C–N with tert-alkyl or cyclic N) is 1. The zero-order valence-electron chi connectivity index (χ0n) is 10.1. The van der Waals surface area contributed by atoms with Gasteiger partial charge in [0.05, 0.1) is 12.1 Å².